The topological polar surface area (TPSA) is 29.5 Å². The third kappa shape index (κ3) is 1.63. The number of rotatable bonds is 1. The number of hydrogen-bond donors (Lipinski definition) is 1. The SMILES string of the molecule is COc1cccc2c1CC(C)C(C)C2O. The first-order valence-electron chi connectivity index (χ1n) is 5.49. The highest BCUT2D eigenvalue weighted by atomic mass is 16.5. The number of benzene rings is 1. The Bertz CT molecular complexity index is 360. The summed E-state index contributed by atoms with van der Waals surface area (Å²) in [5.41, 5.74) is 2.22. The maximum Gasteiger partial charge on any atom is 0.122 e. The minimum absolute atomic E-state index is 0.324. The maximum absolute atomic E-state index is 10.2. The fourth-order valence-electron chi connectivity index (χ4n) is 2.37. The van der Waals surface area contributed by atoms with Crippen LogP contribution in [0.15, 0.2) is 18.2 Å². The Morgan fingerprint density at radius 3 is 2.73 bits per heavy atom. The summed E-state index contributed by atoms with van der Waals surface area (Å²) >= 11 is 0. The monoisotopic (exact) mass is 206 g/mol. The number of ether oxygens (including phenoxy) is 1. The van der Waals surface area contributed by atoms with E-state index in [9.17, 15) is 5.11 Å². The van der Waals surface area contributed by atoms with Gasteiger partial charge >= 0.3 is 0 Å². The van der Waals surface area contributed by atoms with Crippen LogP contribution in [0.1, 0.15) is 31.1 Å². The first-order valence-corrected chi connectivity index (χ1v) is 5.49. The molecule has 2 nitrogen and oxygen atoms in total. The van der Waals surface area contributed by atoms with Crippen LogP contribution in [0.2, 0.25) is 0 Å². The van der Waals surface area contributed by atoms with Crippen LogP contribution < -0.4 is 4.74 Å². The number of methoxy groups -OCH3 is 1. The van der Waals surface area contributed by atoms with Crippen molar-refractivity contribution >= 4 is 0 Å². The lowest BCUT2D eigenvalue weighted by Gasteiger charge is -2.33. The number of hydrogen-bond acceptors (Lipinski definition) is 2. The predicted octanol–water partition coefficient (Wildman–Crippen LogP) is 2.56. The van der Waals surface area contributed by atoms with Crippen LogP contribution >= 0.6 is 0 Å². The molecule has 0 aromatic heterocycles. The Morgan fingerprint density at radius 1 is 1.33 bits per heavy atom. The van der Waals surface area contributed by atoms with Crippen molar-refractivity contribution in [2.45, 2.75) is 26.4 Å². The second kappa shape index (κ2) is 3.86. The summed E-state index contributed by atoms with van der Waals surface area (Å²) < 4.78 is 5.33. The van der Waals surface area contributed by atoms with Gasteiger partial charge in [0.25, 0.3) is 0 Å². The molecular formula is C13H18O2. The van der Waals surface area contributed by atoms with Gasteiger partial charge in [-0.3, -0.25) is 0 Å². The van der Waals surface area contributed by atoms with Crippen molar-refractivity contribution in [1.82, 2.24) is 0 Å². The van der Waals surface area contributed by atoms with E-state index in [1.807, 2.05) is 18.2 Å². The number of aliphatic hydroxyl groups is 1. The van der Waals surface area contributed by atoms with Gasteiger partial charge in [0.15, 0.2) is 0 Å². The summed E-state index contributed by atoms with van der Waals surface area (Å²) in [6, 6.07) is 5.92. The lowest BCUT2D eigenvalue weighted by molar-refractivity contribution is 0.0748. The van der Waals surface area contributed by atoms with Crippen molar-refractivity contribution in [2.24, 2.45) is 11.8 Å². The molecule has 0 radical (unpaired) electrons. The highest BCUT2D eigenvalue weighted by molar-refractivity contribution is 5.43. The minimum atomic E-state index is -0.348. The summed E-state index contributed by atoms with van der Waals surface area (Å²) in [5, 5.41) is 10.2. The number of fused-ring (bicyclic) bond motifs is 1. The van der Waals surface area contributed by atoms with Gasteiger partial charge in [-0.25, -0.2) is 0 Å². The molecule has 0 saturated heterocycles. The van der Waals surface area contributed by atoms with E-state index in [2.05, 4.69) is 13.8 Å². The maximum atomic E-state index is 10.2. The molecule has 2 rings (SSSR count). The zero-order chi connectivity index (χ0) is 11.0. The van der Waals surface area contributed by atoms with Crippen molar-refractivity contribution < 1.29 is 9.84 Å². The van der Waals surface area contributed by atoms with Gasteiger partial charge in [0.1, 0.15) is 5.75 Å². The second-order valence-corrected chi connectivity index (χ2v) is 4.51. The lowest BCUT2D eigenvalue weighted by Crippen LogP contribution is -2.26. The van der Waals surface area contributed by atoms with Gasteiger partial charge < -0.3 is 9.84 Å². The first kappa shape index (κ1) is 10.5. The molecule has 0 spiro atoms. The first-order chi connectivity index (χ1) is 7.15. The van der Waals surface area contributed by atoms with E-state index >= 15 is 0 Å². The molecule has 1 aromatic rings. The van der Waals surface area contributed by atoms with Crippen LogP contribution in [-0.4, -0.2) is 12.2 Å². The lowest BCUT2D eigenvalue weighted by atomic mass is 9.75. The van der Waals surface area contributed by atoms with Crippen LogP contribution in [0, 0.1) is 11.8 Å². The number of aliphatic hydroxyl groups excluding tert-OH is 1. The summed E-state index contributed by atoms with van der Waals surface area (Å²) in [7, 11) is 1.69. The summed E-state index contributed by atoms with van der Waals surface area (Å²) in [6.45, 7) is 4.29. The van der Waals surface area contributed by atoms with Gasteiger partial charge in [-0.2, -0.15) is 0 Å². The second-order valence-electron chi connectivity index (χ2n) is 4.51. The zero-order valence-electron chi connectivity index (χ0n) is 9.53. The fourth-order valence-corrected chi connectivity index (χ4v) is 2.37. The van der Waals surface area contributed by atoms with Crippen LogP contribution in [0.25, 0.3) is 0 Å². The van der Waals surface area contributed by atoms with Gasteiger partial charge in [0, 0.05) is 5.56 Å². The Balaban J connectivity index is 2.49. The largest absolute Gasteiger partial charge is 0.496 e. The van der Waals surface area contributed by atoms with Crippen LogP contribution in [0.4, 0.5) is 0 Å². The van der Waals surface area contributed by atoms with Gasteiger partial charge in [-0.05, 0) is 29.9 Å². The molecule has 2 heteroatoms. The molecule has 0 saturated carbocycles. The van der Waals surface area contributed by atoms with E-state index < -0.39 is 0 Å². The van der Waals surface area contributed by atoms with Crippen LogP contribution in [0.3, 0.4) is 0 Å². The third-order valence-corrected chi connectivity index (χ3v) is 3.63. The van der Waals surface area contributed by atoms with Gasteiger partial charge in [-0.15, -0.1) is 0 Å². The molecule has 82 valence electrons. The molecule has 0 fully saturated rings. The van der Waals surface area contributed by atoms with E-state index in [0.717, 1.165) is 17.7 Å². The predicted molar refractivity (Wildman–Crippen MR) is 60.0 cm³/mol. The molecule has 15 heavy (non-hydrogen) atoms. The van der Waals surface area contributed by atoms with Crippen LogP contribution in [0.5, 0.6) is 5.75 Å². The van der Waals surface area contributed by atoms with E-state index in [-0.39, 0.29) is 6.10 Å². The highest BCUT2D eigenvalue weighted by Crippen LogP contribution is 2.41. The molecule has 0 heterocycles. The molecule has 1 aliphatic rings. The molecule has 1 N–H and O–H groups in total. The van der Waals surface area contributed by atoms with Crippen molar-refractivity contribution in [3.05, 3.63) is 29.3 Å². The molecule has 0 amide bonds. The highest BCUT2D eigenvalue weighted by Gasteiger charge is 2.31. The third-order valence-electron chi connectivity index (χ3n) is 3.63. The van der Waals surface area contributed by atoms with E-state index in [1.54, 1.807) is 7.11 Å². The van der Waals surface area contributed by atoms with E-state index in [1.165, 1.54) is 5.56 Å². The summed E-state index contributed by atoms with van der Waals surface area (Å²) in [4.78, 5) is 0. The average Bonchev–Trinajstić information content (AvgIpc) is 2.25. The van der Waals surface area contributed by atoms with Gasteiger partial charge in [0.05, 0.1) is 13.2 Å². The summed E-state index contributed by atoms with van der Waals surface area (Å²) in [5.74, 6) is 1.73. The van der Waals surface area contributed by atoms with Crippen molar-refractivity contribution in [3.63, 3.8) is 0 Å². The van der Waals surface area contributed by atoms with Crippen molar-refractivity contribution in [3.8, 4) is 5.75 Å². The molecule has 3 unspecified atom stereocenters. The van der Waals surface area contributed by atoms with E-state index in [4.69, 9.17) is 4.74 Å². The minimum Gasteiger partial charge on any atom is -0.496 e. The van der Waals surface area contributed by atoms with E-state index in [0.29, 0.717) is 11.8 Å². The van der Waals surface area contributed by atoms with Crippen molar-refractivity contribution in [1.29, 1.82) is 0 Å². The van der Waals surface area contributed by atoms with Crippen molar-refractivity contribution in [2.75, 3.05) is 7.11 Å². The Morgan fingerprint density at radius 2 is 2.07 bits per heavy atom. The normalized spacial score (nSPS) is 29.7. The standard InChI is InChI=1S/C13H18O2/c1-8-7-11-10(13(14)9(8)2)5-4-6-12(11)15-3/h4-6,8-9,13-14H,7H2,1-3H3. The average molecular weight is 206 g/mol. The van der Waals surface area contributed by atoms with Gasteiger partial charge in [0.2, 0.25) is 0 Å². The molecular weight excluding hydrogens is 188 g/mol. The van der Waals surface area contributed by atoms with Gasteiger partial charge in [-0.1, -0.05) is 26.0 Å². The molecule has 3 atom stereocenters. The van der Waals surface area contributed by atoms with Crippen LogP contribution in [-0.2, 0) is 6.42 Å². The molecule has 1 aromatic carbocycles. The quantitative estimate of drug-likeness (QED) is 0.765. The zero-order valence-corrected chi connectivity index (χ0v) is 9.53. The molecule has 0 bridgehead atoms. The molecule has 1 aliphatic carbocycles. The fraction of sp³-hybridized carbons (Fsp3) is 0.538. The smallest absolute Gasteiger partial charge is 0.122 e. The Labute approximate surface area is 90.9 Å². The summed E-state index contributed by atoms with van der Waals surface area (Å²) in [6.07, 6.45) is 0.649. The molecule has 0 aliphatic heterocycles. The Kier molecular flexibility index (Phi) is 2.70. The Hall–Kier alpha value is -1.02.